The van der Waals surface area contributed by atoms with Gasteiger partial charge < -0.3 is 10.5 Å². The van der Waals surface area contributed by atoms with Gasteiger partial charge in [0.1, 0.15) is 11.5 Å². The molecule has 2 aromatic carbocycles. The number of carbonyl (C=O) groups excluding carboxylic acids is 1. The number of ether oxygens (including phenoxy) is 1. The van der Waals surface area contributed by atoms with Crippen LogP contribution in [0.5, 0.6) is 11.5 Å². The maximum absolute atomic E-state index is 10.9. The van der Waals surface area contributed by atoms with Crippen molar-refractivity contribution in [3.8, 4) is 11.5 Å². The van der Waals surface area contributed by atoms with Crippen LogP contribution in [0.4, 0.5) is 4.79 Å². The van der Waals surface area contributed by atoms with Crippen molar-refractivity contribution in [1.82, 2.24) is 5.06 Å². The molecule has 0 aromatic heterocycles. The number of urea groups is 1. The van der Waals surface area contributed by atoms with Crippen molar-refractivity contribution in [2.24, 2.45) is 5.73 Å². The van der Waals surface area contributed by atoms with Gasteiger partial charge in [0.15, 0.2) is 0 Å². The Morgan fingerprint density at radius 2 is 1.86 bits per heavy atom. The molecule has 5 nitrogen and oxygen atoms in total. The van der Waals surface area contributed by atoms with Crippen LogP contribution in [0.25, 0.3) is 6.08 Å². The Morgan fingerprint density at radius 1 is 1.18 bits per heavy atom. The minimum absolute atomic E-state index is 0.473. The number of benzene rings is 2. The van der Waals surface area contributed by atoms with E-state index >= 15 is 0 Å². The minimum Gasteiger partial charge on any atom is -0.457 e. The molecule has 22 heavy (non-hydrogen) atoms. The molecule has 0 aliphatic rings. The van der Waals surface area contributed by atoms with Gasteiger partial charge in [-0.15, -0.1) is 0 Å². The molecule has 5 heteroatoms. The molecular formula is C17H18N2O3. The third-order valence-corrected chi connectivity index (χ3v) is 3.02. The Hall–Kier alpha value is -2.79. The summed E-state index contributed by atoms with van der Waals surface area (Å²) in [5, 5.41) is 9.88. The second-order valence-corrected chi connectivity index (χ2v) is 4.77. The summed E-state index contributed by atoms with van der Waals surface area (Å²) in [4.78, 5) is 10.9. The Morgan fingerprint density at radius 3 is 2.55 bits per heavy atom. The lowest BCUT2D eigenvalue weighted by molar-refractivity contribution is -0.0560. The Bertz CT molecular complexity index is 656. The standard InChI is InChI=1S/C17H18N2O3/c1-13(19(21)17(18)20)10-11-14-6-5-9-16(12-14)22-15-7-3-2-4-8-15/h2-13,21H,1H3,(H2,18,20)/b11-10+. The highest BCUT2D eigenvalue weighted by Gasteiger charge is 2.11. The first kappa shape index (κ1) is 15.6. The minimum atomic E-state index is -0.890. The summed E-state index contributed by atoms with van der Waals surface area (Å²) in [7, 11) is 0. The summed E-state index contributed by atoms with van der Waals surface area (Å²) in [6.45, 7) is 1.66. The molecule has 0 saturated carbocycles. The number of hydrogen-bond donors (Lipinski definition) is 2. The van der Waals surface area contributed by atoms with Crippen molar-refractivity contribution in [3.63, 3.8) is 0 Å². The largest absolute Gasteiger partial charge is 0.457 e. The molecule has 0 fully saturated rings. The van der Waals surface area contributed by atoms with Gasteiger partial charge in [-0.05, 0) is 36.8 Å². The predicted octanol–water partition coefficient (Wildman–Crippen LogP) is 3.65. The first-order valence-electron chi connectivity index (χ1n) is 6.85. The van der Waals surface area contributed by atoms with Crippen LogP contribution in [-0.4, -0.2) is 22.3 Å². The summed E-state index contributed by atoms with van der Waals surface area (Å²) in [6.07, 6.45) is 3.46. The third kappa shape index (κ3) is 4.36. The molecule has 3 N–H and O–H groups in total. The van der Waals surface area contributed by atoms with E-state index in [0.717, 1.165) is 11.3 Å². The van der Waals surface area contributed by atoms with Crippen LogP contribution in [0.15, 0.2) is 60.7 Å². The zero-order chi connectivity index (χ0) is 15.9. The van der Waals surface area contributed by atoms with E-state index in [9.17, 15) is 10.0 Å². The van der Waals surface area contributed by atoms with Crippen LogP contribution < -0.4 is 10.5 Å². The highest BCUT2D eigenvalue weighted by atomic mass is 16.5. The Kier molecular flexibility index (Phi) is 5.16. The van der Waals surface area contributed by atoms with E-state index in [1.807, 2.05) is 54.6 Å². The Balaban J connectivity index is 2.07. The molecule has 0 aliphatic carbocycles. The fourth-order valence-corrected chi connectivity index (χ4v) is 1.84. The molecule has 0 aliphatic heterocycles. The summed E-state index contributed by atoms with van der Waals surface area (Å²) >= 11 is 0. The molecule has 0 heterocycles. The molecule has 0 saturated heterocycles. The van der Waals surface area contributed by atoms with E-state index in [1.165, 1.54) is 0 Å². The van der Waals surface area contributed by atoms with Crippen molar-refractivity contribution < 1.29 is 14.7 Å². The van der Waals surface area contributed by atoms with Crippen molar-refractivity contribution >= 4 is 12.1 Å². The summed E-state index contributed by atoms with van der Waals surface area (Å²) in [6, 6.07) is 15.6. The van der Waals surface area contributed by atoms with Crippen molar-refractivity contribution in [2.75, 3.05) is 0 Å². The lowest BCUT2D eigenvalue weighted by atomic mass is 10.1. The van der Waals surface area contributed by atoms with Gasteiger partial charge in [0.2, 0.25) is 0 Å². The fourth-order valence-electron chi connectivity index (χ4n) is 1.84. The van der Waals surface area contributed by atoms with Crippen LogP contribution in [-0.2, 0) is 0 Å². The van der Waals surface area contributed by atoms with Crippen molar-refractivity contribution in [2.45, 2.75) is 13.0 Å². The molecule has 0 radical (unpaired) electrons. The van der Waals surface area contributed by atoms with E-state index in [2.05, 4.69) is 0 Å². The van der Waals surface area contributed by atoms with E-state index in [4.69, 9.17) is 10.5 Å². The monoisotopic (exact) mass is 298 g/mol. The van der Waals surface area contributed by atoms with E-state index in [1.54, 1.807) is 19.1 Å². The van der Waals surface area contributed by atoms with Gasteiger partial charge >= 0.3 is 6.03 Å². The van der Waals surface area contributed by atoms with Crippen LogP contribution >= 0.6 is 0 Å². The van der Waals surface area contributed by atoms with Gasteiger partial charge in [-0.25, -0.2) is 4.79 Å². The third-order valence-electron chi connectivity index (χ3n) is 3.02. The van der Waals surface area contributed by atoms with Gasteiger partial charge in [0, 0.05) is 0 Å². The van der Waals surface area contributed by atoms with E-state index < -0.39 is 12.1 Å². The summed E-state index contributed by atoms with van der Waals surface area (Å²) < 4.78 is 5.74. The number of hydroxylamine groups is 2. The summed E-state index contributed by atoms with van der Waals surface area (Å²) in [5.74, 6) is 1.46. The second kappa shape index (κ2) is 7.28. The second-order valence-electron chi connectivity index (χ2n) is 4.77. The van der Waals surface area contributed by atoms with E-state index in [-0.39, 0.29) is 0 Å². The number of nitrogens with two attached hydrogens (primary N) is 1. The van der Waals surface area contributed by atoms with Crippen LogP contribution in [0.1, 0.15) is 12.5 Å². The molecule has 2 aromatic rings. The molecule has 1 atom stereocenters. The Labute approximate surface area is 129 Å². The average molecular weight is 298 g/mol. The first-order valence-corrected chi connectivity index (χ1v) is 6.85. The zero-order valence-corrected chi connectivity index (χ0v) is 12.2. The highest BCUT2D eigenvalue weighted by molar-refractivity contribution is 5.71. The number of para-hydroxylation sites is 1. The normalized spacial score (nSPS) is 12.1. The van der Waals surface area contributed by atoms with Crippen LogP contribution in [0, 0.1) is 0 Å². The highest BCUT2D eigenvalue weighted by Crippen LogP contribution is 2.22. The van der Waals surface area contributed by atoms with Crippen LogP contribution in [0.2, 0.25) is 0 Å². The summed E-state index contributed by atoms with van der Waals surface area (Å²) in [5.41, 5.74) is 5.89. The number of carbonyl (C=O) groups is 1. The molecule has 0 spiro atoms. The lowest BCUT2D eigenvalue weighted by Crippen LogP contribution is -2.38. The van der Waals surface area contributed by atoms with Gasteiger partial charge in [-0.2, -0.15) is 5.06 Å². The molecule has 2 amide bonds. The van der Waals surface area contributed by atoms with Crippen LogP contribution in [0.3, 0.4) is 0 Å². The van der Waals surface area contributed by atoms with Gasteiger partial charge in [-0.3, -0.25) is 5.21 Å². The maximum Gasteiger partial charge on any atom is 0.339 e. The van der Waals surface area contributed by atoms with Gasteiger partial charge in [0.05, 0.1) is 6.04 Å². The predicted molar refractivity (Wildman–Crippen MR) is 84.7 cm³/mol. The van der Waals surface area contributed by atoms with Gasteiger partial charge in [0.25, 0.3) is 0 Å². The molecule has 0 bridgehead atoms. The molecule has 114 valence electrons. The molecule has 2 rings (SSSR count). The first-order chi connectivity index (χ1) is 10.6. The average Bonchev–Trinajstić information content (AvgIpc) is 2.53. The molecule has 1 unspecified atom stereocenters. The number of primary amides is 1. The quantitative estimate of drug-likeness (QED) is 0.653. The number of nitrogens with zero attached hydrogens (tertiary/aromatic N) is 1. The van der Waals surface area contributed by atoms with Crippen molar-refractivity contribution in [3.05, 3.63) is 66.2 Å². The van der Waals surface area contributed by atoms with Gasteiger partial charge in [-0.1, -0.05) is 42.5 Å². The zero-order valence-electron chi connectivity index (χ0n) is 12.2. The van der Waals surface area contributed by atoms with E-state index in [0.29, 0.717) is 10.8 Å². The maximum atomic E-state index is 10.9. The topological polar surface area (TPSA) is 75.8 Å². The number of hydrogen-bond acceptors (Lipinski definition) is 3. The molecular weight excluding hydrogens is 280 g/mol. The lowest BCUT2D eigenvalue weighted by Gasteiger charge is -2.16. The fraction of sp³-hybridized carbons (Fsp3) is 0.118. The number of rotatable bonds is 5. The smallest absolute Gasteiger partial charge is 0.339 e. The SMILES string of the molecule is CC(/C=C/c1cccc(Oc2ccccc2)c1)N(O)C(N)=O. The number of amides is 2. The van der Waals surface area contributed by atoms with Crippen molar-refractivity contribution in [1.29, 1.82) is 0 Å².